The summed E-state index contributed by atoms with van der Waals surface area (Å²) >= 11 is 18.3. The Hall–Kier alpha value is -2.34. The molecule has 0 saturated carbocycles. The molecule has 0 saturated heterocycles. The predicted octanol–water partition coefficient (Wildman–Crippen LogP) is 8.06. The molecule has 0 atom stereocenters. The van der Waals surface area contributed by atoms with Gasteiger partial charge in [0.1, 0.15) is 0 Å². The first-order valence-electron chi connectivity index (χ1n) is 11.1. The van der Waals surface area contributed by atoms with Gasteiger partial charge in [0.05, 0.1) is 14.9 Å². The summed E-state index contributed by atoms with van der Waals surface area (Å²) in [6.07, 6.45) is 0.599. The molecule has 0 fully saturated rings. The lowest BCUT2D eigenvalue weighted by molar-refractivity contribution is 0.392. The lowest BCUT2D eigenvalue weighted by Gasteiger charge is -2.26. The van der Waals surface area contributed by atoms with Crippen LogP contribution in [0.15, 0.2) is 108 Å². The fourth-order valence-electron chi connectivity index (χ4n) is 4.05. The number of halogens is 3. The first-order chi connectivity index (χ1) is 16.8. The number of nitrogens with zero attached hydrogens (tertiary/aromatic N) is 1. The van der Waals surface area contributed by atoms with Crippen LogP contribution in [0.1, 0.15) is 29.0 Å². The van der Waals surface area contributed by atoms with Crippen LogP contribution in [-0.4, -0.2) is 19.3 Å². The molecule has 4 aromatic carbocycles. The van der Waals surface area contributed by atoms with Gasteiger partial charge in [-0.15, -0.1) is 0 Å². The maximum absolute atomic E-state index is 13.7. The van der Waals surface area contributed by atoms with Crippen molar-refractivity contribution in [2.75, 3.05) is 6.54 Å². The summed E-state index contributed by atoms with van der Waals surface area (Å²) in [7, 11) is -3.80. The van der Waals surface area contributed by atoms with E-state index in [-0.39, 0.29) is 17.4 Å². The molecule has 0 aliphatic heterocycles. The third-order valence-corrected chi connectivity index (χ3v) is 8.72. The van der Waals surface area contributed by atoms with Gasteiger partial charge >= 0.3 is 0 Å². The van der Waals surface area contributed by atoms with Crippen LogP contribution in [-0.2, 0) is 16.6 Å². The SMILES string of the molecule is O=S(=O)(c1ccc(Cl)cc1)N(CCC(c1ccccc1)c1ccccc1)Cc1ccc(Cl)c(Cl)c1. The van der Waals surface area contributed by atoms with E-state index in [0.29, 0.717) is 28.0 Å². The van der Waals surface area contributed by atoms with Crippen LogP contribution in [0.3, 0.4) is 0 Å². The summed E-state index contributed by atoms with van der Waals surface area (Å²) < 4.78 is 28.9. The standard InChI is InChI=1S/C28H24Cl3NO2S/c29-24-12-14-25(15-13-24)35(33,34)32(20-21-11-16-27(30)28(31)19-21)18-17-26(22-7-3-1-4-8-22)23-9-5-2-6-10-23/h1-16,19,26H,17-18,20H2. The van der Waals surface area contributed by atoms with Gasteiger partial charge < -0.3 is 0 Å². The summed E-state index contributed by atoms with van der Waals surface area (Å²) in [5.41, 5.74) is 3.03. The fraction of sp³-hybridized carbons (Fsp3) is 0.143. The summed E-state index contributed by atoms with van der Waals surface area (Å²) in [4.78, 5) is 0.193. The van der Waals surface area contributed by atoms with E-state index in [1.807, 2.05) is 36.4 Å². The molecular formula is C28H24Cl3NO2S. The molecule has 0 aliphatic carbocycles. The van der Waals surface area contributed by atoms with Gasteiger partial charge in [-0.05, 0) is 59.5 Å². The van der Waals surface area contributed by atoms with Crippen molar-refractivity contribution in [1.29, 1.82) is 0 Å². The quantitative estimate of drug-likeness (QED) is 0.214. The van der Waals surface area contributed by atoms with Crippen molar-refractivity contribution in [2.24, 2.45) is 0 Å². The minimum Gasteiger partial charge on any atom is -0.207 e. The normalized spacial score (nSPS) is 11.8. The number of hydrogen-bond acceptors (Lipinski definition) is 2. The van der Waals surface area contributed by atoms with Gasteiger partial charge in [0.2, 0.25) is 10.0 Å². The van der Waals surface area contributed by atoms with Crippen LogP contribution in [0.5, 0.6) is 0 Å². The van der Waals surface area contributed by atoms with Gasteiger partial charge in [-0.3, -0.25) is 0 Å². The molecule has 180 valence electrons. The molecule has 35 heavy (non-hydrogen) atoms. The number of sulfonamides is 1. The monoisotopic (exact) mass is 543 g/mol. The van der Waals surface area contributed by atoms with E-state index >= 15 is 0 Å². The third kappa shape index (κ3) is 6.46. The molecular weight excluding hydrogens is 521 g/mol. The molecule has 4 aromatic rings. The van der Waals surface area contributed by atoms with Crippen molar-refractivity contribution in [3.05, 3.63) is 135 Å². The van der Waals surface area contributed by atoms with Crippen molar-refractivity contribution in [2.45, 2.75) is 23.8 Å². The van der Waals surface area contributed by atoms with Crippen LogP contribution in [0.4, 0.5) is 0 Å². The van der Waals surface area contributed by atoms with E-state index < -0.39 is 10.0 Å². The largest absolute Gasteiger partial charge is 0.243 e. The fourth-order valence-corrected chi connectivity index (χ4v) is 5.94. The van der Waals surface area contributed by atoms with Gasteiger partial charge in [-0.1, -0.05) is 102 Å². The van der Waals surface area contributed by atoms with Crippen molar-refractivity contribution < 1.29 is 8.42 Å². The van der Waals surface area contributed by atoms with Crippen LogP contribution in [0.25, 0.3) is 0 Å². The minimum atomic E-state index is -3.80. The van der Waals surface area contributed by atoms with Crippen LogP contribution >= 0.6 is 34.8 Å². The Labute approximate surface area is 221 Å². The maximum atomic E-state index is 13.7. The average molecular weight is 545 g/mol. The smallest absolute Gasteiger partial charge is 0.207 e. The molecule has 0 aromatic heterocycles. The van der Waals surface area contributed by atoms with Gasteiger partial charge in [-0.25, -0.2) is 8.42 Å². The molecule has 0 amide bonds. The zero-order valence-electron chi connectivity index (χ0n) is 18.8. The van der Waals surface area contributed by atoms with Gasteiger partial charge in [-0.2, -0.15) is 4.31 Å². The first-order valence-corrected chi connectivity index (χ1v) is 13.7. The van der Waals surface area contributed by atoms with Crippen molar-refractivity contribution in [1.82, 2.24) is 4.31 Å². The summed E-state index contributed by atoms with van der Waals surface area (Å²) in [5, 5.41) is 1.29. The molecule has 0 N–H and O–H groups in total. The highest BCUT2D eigenvalue weighted by Gasteiger charge is 2.26. The molecule has 3 nitrogen and oxygen atoms in total. The molecule has 7 heteroatoms. The summed E-state index contributed by atoms with van der Waals surface area (Å²) in [6.45, 7) is 0.470. The molecule has 0 heterocycles. The van der Waals surface area contributed by atoms with E-state index in [2.05, 4.69) is 24.3 Å². The summed E-state index contributed by atoms with van der Waals surface area (Å²) in [5.74, 6) is 0.0362. The lowest BCUT2D eigenvalue weighted by atomic mass is 9.88. The van der Waals surface area contributed by atoms with Gasteiger partial charge in [0.25, 0.3) is 0 Å². The molecule has 0 unspecified atom stereocenters. The van der Waals surface area contributed by atoms with Crippen molar-refractivity contribution in [3.63, 3.8) is 0 Å². The molecule has 0 bridgehead atoms. The van der Waals surface area contributed by atoms with E-state index in [9.17, 15) is 8.42 Å². The Kier molecular flexibility index (Phi) is 8.53. The zero-order chi connectivity index (χ0) is 24.8. The molecule has 0 radical (unpaired) electrons. The maximum Gasteiger partial charge on any atom is 0.243 e. The lowest BCUT2D eigenvalue weighted by Crippen LogP contribution is -2.32. The van der Waals surface area contributed by atoms with Crippen molar-refractivity contribution in [3.8, 4) is 0 Å². The predicted molar refractivity (Wildman–Crippen MR) is 145 cm³/mol. The highest BCUT2D eigenvalue weighted by Crippen LogP contribution is 2.31. The Morgan fingerprint density at radius 1 is 0.686 bits per heavy atom. The second-order valence-electron chi connectivity index (χ2n) is 8.20. The molecule has 4 rings (SSSR count). The second kappa shape index (κ2) is 11.6. The van der Waals surface area contributed by atoms with Crippen LogP contribution < -0.4 is 0 Å². The number of hydrogen-bond donors (Lipinski definition) is 0. The van der Waals surface area contributed by atoms with Crippen LogP contribution in [0.2, 0.25) is 15.1 Å². The zero-order valence-corrected chi connectivity index (χ0v) is 21.9. The van der Waals surface area contributed by atoms with Crippen molar-refractivity contribution >= 4 is 44.8 Å². The Bertz CT molecular complexity index is 1320. The highest BCUT2D eigenvalue weighted by molar-refractivity contribution is 7.89. The van der Waals surface area contributed by atoms with E-state index in [4.69, 9.17) is 34.8 Å². The highest BCUT2D eigenvalue weighted by atomic mass is 35.5. The Morgan fingerprint density at radius 2 is 1.26 bits per heavy atom. The van der Waals surface area contributed by atoms with E-state index in [0.717, 1.165) is 16.7 Å². The van der Waals surface area contributed by atoms with Gasteiger partial charge in [0, 0.05) is 24.0 Å². The van der Waals surface area contributed by atoms with Gasteiger partial charge in [0.15, 0.2) is 0 Å². The van der Waals surface area contributed by atoms with E-state index in [1.165, 1.54) is 16.4 Å². The minimum absolute atomic E-state index is 0.0362. The summed E-state index contributed by atoms with van der Waals surface area (Å²) in [6, 6.07) is 31.7. The average Bonchev–Trinajstić information content (AvgIpc) is 2.87. The third-order valence-electron chi connectivity index (χ3n) is 5.87. The topological polar surface area (TPSA) is 37.4 Å². The molecule has 0 aliphatic rings. The second-order valence-corrected chi connectivity index (χ2v) is 11.4. The first kappa shape index (κ1) is 25.7. The van der Waals surface area contributed by atoms with Crippen LogP contribution in [0, 0.1) is 0 Å². The Balaban J connectivity index is 1.68. The number of benzene rings is 4. The van der Waals surface area contributed by atoms with E-state index in [1.54, 1.807) is 30.3 Å². The number of rotatable bonds is 9. The molecule has 0 spiro atoms. The Morgan fingerprint density at radius 3 is 1.80 bits per heavy atom.